The van der Waals surface area contributed by atoms with Crippen molar-refractivity contribution >= 4 is 23.1 Å². The summed E-state index contributed by atoms with van der Waals surface area (Å²) in [6.07, 6.45) is 2.49. The molecule has 1 aromatic carbocycles. The number of nitro groups is 1. The topological polar surface area (TPSA) is 107 Å². The van der Waals surface area contributed by atoms with Gasteiger partial charge in [0.25, 0.3) is 11.2 Å². The average Bonchev–Trinajstić information content (AvgIpc) is 2.74. The zero-order chi connectivity index (χ0) is 23.4. The molecule has 0 saturated heterocycles. The highest BCUT2D eigenvalue weighted by atomic mass is 16.6. The van der Waals surface area contributed by atoms with Gasteiger partial charge in [-0.2, -0.15) is 0 Å². The third-order valence-electron chi connectivity index (χ3n) is 5.56. The van der Waals surface area contributed by atoms with E-state index in [-0.39, 0.29) is 17.9 Å². The van der Waals surface area contributed by atoms with Gasteiger partial charge in [-0.15, -0.1) is 0 Å². The summed E-state index contributed by atoms with van der Waals surface area (Å²) >= 11 is 0. The number of pyridine rings is 1. The first-order chi connectivity index (χ1) is 15.2. The molecule has 0 aliphatic carbocycles. The number of carbonyl (C=O) groups excluding carboxylic acids is 1. The number of aromatic nitrogens is 1. The van der Waals surface area contributed by atoms with E-state index < -0.39 is 22.7 Å². The summed E-state index contributed by atoms with van der Waals surface area (Å²) in [4.78, 5) is 43.9. The Morgan fingerprint density at radius 3 is 2.72 bits per heavy atom. The van der Waals surface area contributed by atoms with Gasteiger partial charge in [0.15, 0.2) is 0 Å². The quantitative estimate of drug-likeness (QED) is 0.355. The van der Waals surface area contributed by atoms with Crippen molar-refractivity contribution in [2.45, 2.75) is 32.7 Å². The first-order valence-electron chi connectivity index (χ1n) is 10.6. The normalized spacial score (nSPS) is 17.6. The number of nitro benzene ring substituents is 1. The van der Waals surface area contributed by atoms with E-state index in [1.54, 1.807) is 42.8 Å². The molecule has 2 unspecified atom stereocenters. The SMILES string of the molecule is CCOC(=O)C1C(C)=Nc2ccn(CCCN(C)C)c(=O)c2C1c1cccc([N+](=O)[O-])c1. The van der Waals surface area contributed by atoms with Gasteiger partial charge in [0.05, 0.1) is 22.8 Å². The van der Waals surface area contributed by atoms with Crippen LogP contribution in [-0.4, -0.2) is 53.3 Å². The van der Waals surface area contributed by atoms with E-state index in [4.69, 9.17) is 4.74 Å². The van der Waals surface area contributed by atoms with Crippen molar-refractivity contribution in [3.63, 3.8) is 0 Å². The number of hydrogen-bond donors (Lipinski definition) is 0. The van der Waals surface area contributed by atoms with Gasteiger partial charge in [0.2, 0.25) is 0 Å². The van der Waals surface area contributed by atoms with E-state index in [1.165, 1.54) is 12.1 Å². The third kappa shape index (κ3) is 4.77. The summed E-state index contributed by atoms with van der Waals surface area (Å²) in [5, 5.41) is 11.4. The molecular weight excluding hydrogens is 412 g/mol. The Kier molecular flexibility index (Phi) is 7.19. The molecule has 0 bridgehead atoms. The van der Waals surface area contributed by atoms with Gasteiger partial charge in [-0.1, -0.05) is 12.1 Å². The fraction of sp³-hybridized carbons (Fsp3) is 0.435. The van der Waals surface area contributed by atoms with Crippen LogP contribution in [0.4, 0.5) is 11.4 Å². The lowest BCUT2D eigenvalue weighted by molar-refractivity contribution is -0.384. The van der Waals surface area contributed by atoms with Gasteiger partial charge < -0.3 is 14.2 Å². The van der Waals surface area contributed by atoms with Crippen LogP contribution < -0.4 is 5.56 Å². The molecular formula is C23H28N4O5. The van der Waals surface area contributed by atoms with E-state index in [0.29, 0.717) is 29.1 Å². The Morgan fingerprint density at radius 2 is 2.06 bits per heavy atom. The minimum absolute atomic E-state index is 0.103. The van der Waals surface area contributed by atoms with Gasteiger partial charge in [-0.05, 0) is 52.5 Å². The van der Waals surface area contributed by atoms with Crippen molar-refractivity contribution in [1.29, 1.82) is 0 Å². The number of benzene rings is 1. The number of esters is 1. The summed E-state index contributed by atoms with van der Waals surface area (Å²) in [5.41, 5.74) is 1.51. The van der Waals surface area contributed by atoms with Crippen molar-refractivity contribution in [3.05, 3.63) is 68.1 Å². The van der Waals surface area contributed by atoms with Crippen LogP contribution in [0.5, 0.6) is 0 Å². The molecule has 1 aromatic heterocycles. The maximum atomic E-state index is 13.5. The average molecular weight is 441 g/mol. The lowest BCUT2D eigenvalue weighted by Crippen LogP contribution is -2.38. The largest absolute Gasteiger partial charge is 0.465 e. The smallest absolute Gasteiger partial charge is 0.315 e. The van der Waals surface area contributed by atoms with E-state index >= 15 is 0 Å². The third-order valence-corrected chi connectivity index (χ3v) is 5.56. The second kappa shape index (κ2) is 9.86. The van der Waals surface area contributed by atoms with Crippen molar-refractivity contribution in [1.82, 2.24) is 9.47 Å². The number of rotatable bonds is 8. The zero-order valence-corrected chi connectivity index (χ0v) is 18.8. The molecule has 0 radical (unpaired) electrons. The van der Waals surface area contributed by atoms with E-state index in [0.717, 1.165) is 13.0 Å². The van der Waals surface area contributed by atoms with Crippen LogP contribution in [0.2, 0.25) is 0 Å². The van der Waals surface area contributed by atoms with Crippen molar-refractivity contribution in [2.24, 2.45) is 10.9 Å². The number of carbonyl (C=O) groups is 1. The number of aryl methyl sites for hydroxylation is 1. The lowest BCUT2D eigenvalue weighted by Gasteiger charge is -2.31. The maximum Gasteiger partial charge on any atom is 0.315 e. The molecule has 32 heavy (non-hydrogen) atoms. The fourth-order valence-electron chi connectivity index (χ4n) is 4.10. The highest BCUT2D eigenvalue weighted by Gasteiger charge is 2.41. The van der Waals surface area contributed by atoms with Crippen LogP contribution in [0.3, 0.4) is 0 Å². The Labute approximate surface area is 186 Å². The van der Waals surface area contributed by atoms with Crippen LogP contribution >= 0.6 is 0 Å². The first kappa shape index (κ1) is 23.3. The molecule has 9 nitrogen and oxygen atoms in total. The standard InChI is InChI=1S/C23H28N4O5/c1-5-32-23(29)19-15(2)24-18-10-13-26(12-7-11-25(3)4)22(28)21(18)20(19)16-8-6-9-17(14-16)27(30)31/h6,8-10,13-14,19-20H,5,7,11-12H2,1-4H3. The summed E-state index contributed by atoms with van der Waals surface area (Å²) in [6.45, 7) is 4.94. The zero-order valence-electron chi connectivity index (χ0n) is 18.8. The van der Waals surface area contributed by atoms with Crippen molar-refractivity contribution in [2.75, 3.05) is 27.2 Å². The van der Waals surface area contributed by atoms with Crippen LogP contribution in [-0.2, 0) is 16.1 Å². The maximum absolute atomic E-state index is 13.5. The molecule has 2 atom stereocenters. The monoisotopic (exact) mass is 440 g/mol. The minimum Gasteiger partial charge on any atom is -0.465 e. The summed E-state index contributed by atoms with van der Waals surface area (Å²) < 4.78 is 6.91. The minimum atomic E-state index is -0.838. The molecule has 170 valence electrons. The number of non-ortho nitro benzene ring substituents is 1. The molecule has 2 aromatic rings. The van der Waals surface area contributed by atoms with Gasteiger partial charge in [-0.25, -0.2) is 0 Å². The summed E-state index contributed by atoms with van der Waals surface area (Å²) in [5.74, 6) is -2.07. The van der Waals surface area contributed by atoms with Gasteiger partial charge in [-0.3, -0.25) is 24.7 Å². The van der Waals surface area contributed by atoms with Gasteiger partial charge in [0.1, 0.15) is 5.92 Å². The summed E-state index contributed by atoms with van der Waals surface area (Å²) in [7, 11) is 3.94. The summed E-state index contributed by atoms with van der Waals surface area (Å²) in [6, 6.07) is 7.84. The molecule has 2 heterocycles. The molecule has 3 rings (SSSR count). The second-order valence-electron chi connectivity index (χ2n) is 8.08. The lowest BCUT2D eigenvalue weighted by atomic mass is 9.76. The Hall–Kier alpha value is -3.33. The first-order valence-corrected chi connectivity index (χ1v) is 10.6. The number of hydrogen-bond acceptors (Lipinski definition) is 7. The highest BCUT2D eigenvalue weighted by molar-refractivity contribution is 6.05. The molecule has 0 N–H and O–H groups in total. The Morgan fingerprint density at radius 1 is 1.31 bits per heavy atom. The molecule has 9 heteroatoms. The molecule has 0 amide bonds. The fourth-order valence-corrected chi connectivity index (χ4v) is 4.10. The van der Waals surface area contributed by atoms with Crippen LogP contribution in [0.1, 0.15) is 37.3 Å². The number of nitrogens with zero attached hydrogens (tertiary/aromatic N) is 4. The van der Waals surface area contributed by atoms with Gasteiger partial charge in [0, 0.05) is 36.5 Å². The molecule has 0 spiro atoms. The molecule has 0 saturated carbocycles. The second-order valence-corrected chi connectivity index (χ2v) is 8.08. The predicted octanol–water partition coefficient (Wildman–Crippen LogP) is 3.13. The Bertz CT molecular complexity index is 1110. The van der Waals surface area contributed by atoms with Crippen molar-refractivity contribution < 1.29 is 14.5 Å². The molecule has 0 fully saturated rings. The molecule has 1 aliphatic rings. The Balaban J connectivity index is 2.17. The molecule has 1 aliphatic heterocycles. The van der Waals surface area contributed by atoms with Crippen molar-refractivity contribution in [3.8, 4) is 0 Å². The van der Waals surface area contributed by atoms with E-state index in [9.17, 15) is 19.7 Å². The highest BCUT2D eigenvalue weighted by Crippen LogP contribution is 2.41. The van der Waals surface area contributed by atoms with Crippen LogP contribution in [0.25, 0.3) is 0 Å². The number of aliphatic imine (C=N–C) groups is 1. The van der Waals surface area contributed by atoms with Crippen LogP contribution in [0, 0.1) is 16.0 Å². The number of fused-ring (bicyclic) bond motifs is 1. The predicted molar refractivity (Wildman–Crippen MR) is 122 cm³/mol. The van der Waals surface area contributed by atoms with Gasteiger partial charge >= 0.3 is 5.97 Å². The number of ether oxygens (including phenoxy) is 1. The van der Waals surface area contributed by atoms with E-state index in [2.05, 4.69) is 4.99 Å². The van der Waals surface area contributed by atoms with E-state index in [1.807, 2.05) is 19.0 Å². The van der Waals surface area contributed by atoms with Crippen LogP contribution in [0.15, 0.2) is 46.3 Å².